The Kier molecular flexibility index (Phi) is 7.20. The highest BCUT2D eigenvalue weighted by atomic mass is 19.1. The molecule has 1 atom stereocenters. The highest BCUT2D eigenvalue weighted by Crippen LogP contribution is 2.26. The average molecular weight is 427 g/mol. The highest BCUT2D eigenvalue weighted by molar-refractivity contribution is 5.94. The van der Waals surface area contributed by atoms with Gasteiger partial charge in [-0.2, -0.15) is 0 Å². The Morgan fingerprint density at radius 3 is 2.71 bits per heavy atom. The number of rotatable bonds is 7. The highest BCUT2D eigenvalue weighted by Gasteiger charge is 2.31. The number of carbonyl (C=O) groups excluding carboxylic acids is 1. The van der Waals surface area contributed by atoms with Gasteiger partial charge in [0.2, 0.25) is 0 Å². The van der Waals surface area contributed by atoms with Gasteiger partial charge in [0, 0.05) is 37.8 Å². The molecule has 2 aromatic carbocycles. The van der Waals surface area contributed by atoms with E-state index in [0.29, 0.717) is 18.7 Å². The van der Waals surface area contributed by atoms with Crippen molar-refractivity contribution in [2.45, 2.75) is 44.4 Å². The van der Waals surface area contributed by atoms with Crippen LogP contribution in [0.25, 0.3) is 0 Å². The number of morpholine rings is 1. The molecule has 1 saturated heterocycles. The first-order chi connectivity index (χ1) is 15.1. The molecule has 1 saturated carbocycles. The smallest absolute Gasteiger partial charge is 0.254 e. The van der Waals surface area contributed by atoms with Crippen LogP contribution in [-0.4, -0.2) is 61.2 Å². The normalized spacial score (nSPS) is 20.0. The molecule has 0 bridgehead atoms. The Morgan fingerprint density at radius 1 is 1.19 bits per heavy atom. The quantitative estimate of drug-likeness (QED) is 0.668. The van der Waals surface area contributed by atoms with Gasteiger partial charge < -0.3 is 14.4 Å². The summed E-state index contributed by atoms with van der Waals surface area (Å²) in [5, 5.41) is 0. The third-order valence-electron chi connectivity index (χ3n) is 6.28. The first-order valence-corrected chi connectivity index (χ1v) is 11.2. The summed E-state index contributed by atoms with van der Waals surface area (Å²) in [6.07, 6.45) is 4.29. The second-order valence-corrected chi connectivity index (χ2v) is 8.48. The van der Waals surface area contributed by atoms with Crippen LogP contribution in [0.2, 0.25) is 0 Å². The second kappa shape index (κ2) is 10.2. The number of amides is 1. The summed E-state index contributed by atoms with van der Waals surface area (Å²) in [5.41, 5.74) is 1.74. The fraction of sp³-hybridized carbons (Fsp3) is 0.480. The summed E-state index contributed by atoms with van der Waals surface area (Å²) in [6.45, 7) is 3.68. The largest absolute Gasteiger partial charge is 0.497 e. The van der Waals surface area contributed by atoms with Crippen molar-refractivity contribution < 1.29 is 18.7 Å². The molecule has 1 unspecified atom stereocenters. The lowest BCUT2D eigenvalue weighted by molar-refractivity contribution is -0.0468. The number of halogens is 1. The molecule has 2 aliphatic rings. The van der Waals surface area contributed by atoms with Crippen LogP contribution < -0.4 is 4.74 Å². The molecular formula is C25H31FN2O3. The minimum atomic E-state index is -0.326. The standard InChI is InChI=1S/C25H31FN2O3/c1-30-23-8-4-5-19(15-23)16-27-13-14-31-24(17-27)18-28(22-6-2-3-7-22)25(29)20-9-11-21(26)12-10-20/h4-5,8-12,15,22,24H,2-3,6-7,13-14,16-18H2,1H3. The average Bonchev–Trinajstić information content (AvgIpc) is 3.32. The van der Waals surface area contributed by atoms with Crippen molar-refractivity contribution >= 4 is 5.91 Å². The number of hydrogen-bond donors (Lipinski definition) is 0. The van der Waals surface area contributed by atoms with Gasteiger partial charge in [0.05, 0.1) is 19.8 Å². The Bertz CT molecular complexity index is 867. The zero-order valence-corrected chi connectivity index (χ0v) is 18.1. The van der Waals surface area contributed by atoms with Crippen molar-refractivity contribution in [1.82, 2.24) is 9.80 Å². The molecule has 1 aliphatic heterocycles. The third kappa shape index (κ3) is 5.63. The van der Waals surface area contributed by atoms with Crippen LogP contribution in [0.4, 0.5) is 4.39 Å². The van der Waals surface area contributed by atoms with Gasteiger partial charge in [-0.15, -0.1) is 0 Å². The Hall–Kier alpha value is -2.44. The lowest BCUT2D eigenvalue weighted by Crippen LogP contribution is -2.50. The minimum absolute atomic E-state index is 0.0274. The third-order valence-corrected chi connectivity index (χ3v) is 6.28. The summed E-state index contributed by atoms with van der Waals surface area (Å²) in [4.78, 5) is 17.6. The molecule has 2 fully saturated rings. The fourth-order valence-electron chi connectivity index (χ4n) is 4.65. The van der Waals surface area contributed by atoms with Crippen LogP contribution in [0.3, 0.4) is 0 Å². The molecule has 1 heterocycles. The van der Waals surface area contributed by atoms with Gasteiger partial charge in [-0.25, -0.2) is 4.39 Å². The first kappa shape index (κ1) is 21.8. The van der Waals surface area contributed by atoms with E-state index in [-0.39, 0.29) is 23.9 Å². The van der Waals surface area contributed by atoms with Crippen LogP contribution >= 0.6 is 0 Å². The van der Waals surface area contributed by atoms with E-state index in [2.05, 4.69) is 17.0 Å². The molecule has 0 aromatic heterocycles. The number of carbonyl (C=O) groups is 1. The van der Waals surface area contributed by atoms with Gasteiger partial charge in [-0.3, -0.25) is 9.69 Å². The molecule has 0 N–H and O–H groups in total. The molecule has 1 amide bonds. The number of nitrogens with zero attached hydrogens (tertiary/aromatic N) is 2. The SMILES string of the molecule is COc1cccc(CN2CCOC(CN(C(=O)c3ccc(F)cc3)C3CCCC3)C2)c1. The molecule has 5 nitrogen and oxygen atoms in total. The Labute approximate surface area is 183 Å². The minimum Gasteiger partial charge on any atom is -0.497 e. The number of benzene rings is 2. The number of ether oxygens (including phenoxy) is 2. The van der Waals surface area contributed by atoms with Crippen molar-refractivity contribution in [3.63, 3.8) is 0 Å². The van der Waals surface area contributed by atoms with Gasteiger partial charge in [-0.1, -0.05) is 25.0 Å². The summed E-state index contributed by atoms with van der Waals surface area (Å²) < 4.78 is 24.7. The monoisotopic (exact) mass is 426 g/mol. The predicted molar refractivity (Wildman–Crippen MR) is 118 cm³/mol. The zero-order valence-electron chi connectivity index (χ0n) is 18.1. The molecular weight excluding hydrogens is 395 g/mol. The van der Waals surface area contributed by atoms with Crippen molar-refractivity contribution in [2.24, 2.45) is 0 Å². The second-order valence-electron chi connectivity index (χ2n) is 8.48. The van der Waals surface area contributed by atoms with Gasteiger partial charge in [-0.05, 0) is 54.8 Å². The van der Waals surface area contributed by atoms with E-state index in [9.17, 15) is 9.18 Å². The lowest BCUT2D eigenvalue weighted by atomic mass is 10.1. The van der Waals surface area contributed by atoms with Crippen LogP contribution in [0, 0.1) is 5.82 Å². The maximum Gasteiger partial charge on any atom is 0.254 e. The molecule has 1 aliphatic carbocycles. The molecule has 0 radical (unpaired) electrons. The Morgan fingerprint density at radius 2 is 1.97 bits per heavy atom. The summed E-state index contributed by atoms with van der Waals surface area (Å²) in [6, 6.07) is 14.2. The van der Waals surface area contributed by atoms with Gasteiger partial charge in [0.1, 0.15) is 11.6 Å². The molecule has 4 rings (SSSR count). The fourth-order valence-corrected chi connectivity index (χ4v) is 4.65. The van der Waals surface area contributed by atoms with Crippen LogP contribution in [-0.2, 0) is 11.3 Å². The van der Waals surface area contributed by atoms with E-state index in [1.54, 1.807) is 19.2 Å². The maximum absolute atomic E-state index is 13.3. The Balaban J connectivity index is 1.43. The van der Waals surface area contributed by atoms with Gasteiger partial charge in [0.15, 0.2) is 0 Å². The predicted octanol–water partition coefficient (Wildman–Crippen LogP) is 4.12. The maximum atomic E-state index is 13.3. The van der Waals surface area contributed by atoms with E-state index in [0.717, 1.165) is 51.1 Å². The zero-order chi connectivity index (χ0) is 21.6. The van der Waals surface area contributed by atoms with Gasteiger partial charge >= 0.3 is 0 Å². The van der Waals surface area contributed by atoms with E-state index in [1.165, 1.54) is 17.7 Å². The summed E-state index contributed by atoms with van der Waals surface area (Å²) in [5.74, 6) is 0.507. The lowest BCUT2D eigenvalue weighted by Gasteiger charge is -2.38. The van der Waals surface area contributed by atoms with Crippen LogP contribution in [0.5, 0.6) is 5.75 Å². The molecule has 31 heavy (non-hydrogen) atoms. The van der Waals surface area contributed by atoms with E-state index >= 15 is 0 Å². The van der Waals surface area contributed by atoms with Crippen molar-refractivity contribution in [3.8, 4) is 5.75 Å². The van der Waals surface area contributed by atoms with Crippen molar-refractivity contribution in [1.29, 1.82) is 0 Å². The summed E-state index contributed by atoms with van der Waals surface area (Å²) in [7, 11) is 1.68. The van der Waals surface area contributed by atoms with Gasteiger partial charge in [0.25, 0.3) is 5.91 Å². The van der Waals surface area contributed by atoms with E-state index < -0.39 is 0 Å². The number of hydrogen-bond acceptors (Lipinski definition) is 4. The first-order valence-electron chi connectivity index (χ1n) is 11.2. The van der Waals surface area contributed by atoms with Crippen molar-refractivity contribution in [2.75, 3.05) is 33.4 Å². The molecule has 0 spiro atoms. The van der Waals surface area contributed by atoms with Crippen LogP contribution in [0.15, 0.2) is 48.5 Å². The molecule has 2 aromatic rings. The number of methoxy groups -OCH3 is 1. The van der Waals surface area contributed by atoms with E-state index in [1.807, 2.05) is 17.0 Å². The van der Waals surface area contributed by atoms with E-state index in [4.69, 9.17) is 9.47 Å². The van der Waals surface area contributed by atoms with Crippen molar-refractivity contribution in [3.05, 3.63) is 65.5 Å². The van der Waals surface area contributed by atoms with Crippen LogP contribution in [0.1, 0.15) is 41.6 Å². The topological polar surface area (TPSA) is 42.0 Å². The molecule has 6 heteroatoms. The summed E-state index contributed by atoms with van der Waals surface area (Å²) >= 11 is 0. The molecule has 166 valence electrons.